The van der Waals surface area contributed by atoms with Gasteiger partial charge in [0.25, 0.3) is 0 Å². The van der Waals surface area contributed by atoms with Gasteiger partial charge in [-0.15, -0.1) is 0 Å². The molecule has 0 fully saturated rings. The SMILES string of the molecule is N#[C][Fe]([C]#N)([C]#N)([C]#N)([C]#N)[C]#N.[Co].[KH]. The third kappa shape index (κ3) is 2.09. The molecule has 15 heavy (non-hydrogen) atoms. The molecule has 0 bridgehead atoms. The Hall–Kier alpha value is -0.398. The summed E-state index contributed by atoms with van der Waals surface area (Å²) in [5.41, 5.74) is 0. The van der Waals surface area contributed by atoms with Crippen LogP contribution in [0.25, 0.3) is 0 Å². The van der Waals surface area contributed by atoms with E-state index in [1.807, 2.05) is 0 Å². The molecule has 9 heteroatoms. The van der Waals surface area contributed by atoms with E-state index in [9.17, 15) is 0 Å². The average molecular weight is 311 g/mol. The van der Waals surface area contributed by atoms with Crippen molar-refractivity contribution in [3.8, 4) is 29.8 Å². The maximum atomic E-state index is 8.58. The predicted molar refractivity (Wildman–Crippen MR) is 40.8 cm³/mol. The summed E-state index contributed by atoms with van der Waals surface area (Å²) < 4.78 is 0. The van der Waals surface area contributed by atoms with Crippen molar-refractivity contribution < 1.29 is 27.5 Å². The van der Waals surface area contributed by atoms with Gasteiger partial charge in [-0.3, -0.25) is 0 Å². The Morgan fingerprint density at radius 3 is 0.667 bits per heavy atom. The molecule has 0 N–H and O–H groups in total. The van der Waals surface area contributed by atoms with Crippen molar-refractivity contribution >= 4 is 51.4 Å². The third-order valence-electron chi connectivity index (χ3n) is 1.19. The van der Waals surface area contributed by atoms with Crippen LogP contribution in [0.5, 0.6) is 0 Å². The van der Waals surface area contributed by atoms with Crippen LogP contribution < -0.4 is 0 Å². The molecule has 0 aromatic heterocycles. The Balaban J connectivity index is -0.000000720. The Bertz CT molecular complexity index is 397. The van der Waals surface area contributed by atoms with Crippen LogP contribution in [0.4, 0.5) is 0 Å². The molecule has 6 nitrogen and oxygen atoms in total. The molecule has 73 valence electrons. The summed E-state index contributed by atoms with van der Waals surface area (Å²) in [6.45, 7) is 0. The van der Waals surface area contributed by atoms with E-state index in [1.165, 1.54) is 0 Å². The first-order valence-electron chi connectivity index (χ1n) is 2.40. The molecule has 0 aromatic carbocycles. The van der Waals surface area contributed by atoms with Crippen LogP contribution in [-0.2, 0) is 27.5 Å². The molecule has 0 amide bonds. The van der Waals surface area contributed by atoms with Crippen molar-refractivity contribution in [2.75, 3.05) is 0 Å². The first kappa shape index (κ1) is 20.1. The van der Waals surface area contributed by atoms with Gasteiger partial charge in [-0.25, -0.2) is 0 Å². The van der Waals surface area contributed by atoms with Gasteiger partial charge < -0.3 is 0 Å². The van der Waals surface area contributed by atoms with E-state index >= 15 is 0 Å². The number of nitrogens with zero attached hydrogens (tertiary/aromatic N) is 6. The summed E-state index contributed by atoms with van der Waals surface area (Å²) in [4.78, 5) is 6.19. The Labute approximate surface area is 138 Å². The summed E-state index contributed by atoms with van der Waals surface area (Å²) in [6, 6.07) is 0. The molecule has 0 aromatic rings. The van der Waals surface area contributed by atoms with Gasteiger partial charge in [0.2, 0.25) is 0 Å². The molecule has 0 atom stereocenters. The van der Waals surface area contributed by atoms with Crippen molar-refractivity contribution in [1.82, 2.24) is 0 Å². The van der Waals surface area contributed by atoms with E-state index in [4.69, 9.17) is 31.6 Å². The molecule has 0 unspecified atom stereocenters. The monoisotopic (exact) mass is 311 g/mol. The molecule has 0 aliphatic carbocycles. The normalized spacial score (nSPS) is 11.6. The van der Waals surface area contributed by atoms with E-state index in [-0.39, 0.29) is 68.2 Å². The molecule has 0 saturated carbocycles. The van der Waals surface area contributed by atoms with Gasteiger partial charge in [0.05, 0.1) is 0 Å². The molecule has 0 rings (SSSR count). The third-order valence-corrected chi connectivity index (χ3v) is 4.89. The maximum absolute atomic E-state index is 8.58. The van der Waals surface area contributed by atoms with E-state index in [0.29, 0.717) is 0 Å². The summed E-state index contributed by atoms with van der Waals surface area (Å²) in [5, 5.41) is 51.5. The number of hydrogen-bond acceptors (Lipinski definition) is 6. The number of rotatable bonds is 0. The molecule has 0 aliphatic rings. The van der Waals surface area contributed by atoms with Crippen LogP contribution in [0, 0.1) is 61.4 Å². The van der Waals surface area contributed by atoms with Gasteiger partial charge in [-0.2, -0.15) is 0 Å². The molecule has 1 radical (unpaired) electrons. The minimum absolute atomic E-state index is 0. The van der Waals surface area contributed by atoms with Crippen LogP contribution in [0.15, 0.2) is 0 Å². The van der Waals surface area contributed by atoms with Crippen LogP contribution >= 0.6 is 0 Å². The second-order valence-electron chi connectivity index (χ2n) is 1.80. The van der Waals surface area contributed by atoms with Crippen molar-refractivity contribution in [2.45, 2.75) is 0 Å². The zero-order valence-corrected chi connectivity index (χ0v) is 8.52. The molecule has 0 spiro atoms. The predicted octanol–water partition coefficient (Wildman–Crippen LogP) is -0.553. The summed E-state index contributed by atoms with van der Waals surface area (Å²) in [5.74, 6) is 0. The number of nitriles is 6. The average Bonchev–Trinajstić information content (AvgIpc) is 2.26. The quantitative estimate of drug-likeness (QED) is 0.549. The molecular formula is C6HCoFeKN6. The van der Waals surface area contributed by atoms with Crippen LogP contribution in [0.3, 0.4) is 0 Å². The first-order valence-corrected chi connectivity index (χ1v) is 5.71. The van der Waals surface area contributed by atoms with Crippen LogP contribution in [0.2, 0.25) is 0 Å². The standard InChI is InChI=1S/6CN.Co.Fe.K.H/c6*1-2;;;;. The van der Waals surface area contributed by atoms with Gasteiger partial charge in [0, 0.05) is 16.8 Å². The van der Waals surface area contributed by atoms with E-state index in [2.05, 4.69) is 0 Å². The summed E-state index contributed by atoms with van der Waals surface area (Å²) >= 11 is 0. The Morgan fingerprint density at radius 2 is 0.667 bits per heavy atom. The second kappa shape index (κ2) is 5.09. The topological polar surface area (TPSA) is 143 Å². The number of hydrogen-bond donors (Lipinski definition) is 0. The first-order chi connectivity index (χ1) is 5.97. The van der Waals surface area contributed by atoms with Crippen molar-refractivity contribution in [3.05, 3.63) is 0 Å². The molecule has 0 heterocycles. The Morgan fingerprint density at radius 1 is 0.533 bits per heavy atom. The fourth-order valence-corrected chi connectivity index (χ4v) is 1.09. The van der Waals surface area contributed by atoms with Gasteiger partial charge in [-0.05, 0) is 0 Å². The van der Waals surface area contributed by atoms with Crippen molar-refractivity contribution in [3.63, 3.8) is 0 Å². The second-order valence-corrected chi connectivity index (χ2v) is 7.42. The summed E-state index contributed by atoms with van der Waals surface area (Å²) in [7, 11) is -6.17. The van der Waals surface area contributed by atoms with E-state index in [0.717, 1.165) is 29.8 Å². The van der Waals surface area contributed by atoms with E-state index < -0.39 is 10.7 Å². The van der Waals surface area contributed by atoms with Crippen LogP contribution in [-0.4, -0.2) is 51.4 Å². The molecule has 0 aliphatic heterocycles. The fourth-order valence-electron chi connectivity index (χ4n) is 0.265. The minimum atomic E-state index is -6.17. The summed E-state index contributed by atoms with van der Waals surface area (Å²) in [6.07, 6.45) is 0. The molecule has 0 saturated heterocycles. The Kier molecular flexibility index (Phi) is 6.81. The van der Waals surface area contributed by atoms with Gasteiger partial charge >= 0.3 is 123 Å². The van der Waals surface area contributed by atoms with Crippen LogP contribution in [0.1, 0.15) is 0 Å². The zero-order valence-electron chi connectivity index (χ0n) is 6.37. The fraction of sp³-hybridized carbons (Fsp3) is 0. The van der Waals surface area contributed by atoms with Gasteiger partial charge in [0.15, 0.2) is 0 Å². The van der Waals surface area contributed by atoms with E-state index in [1.54, 1.807) is 0 Å². The zero-order chi connectivity index (χ0) is 10.7. The van der Waals surface area contributed by atoms with Gasteiger partial charge in [-0.1, -0.05) is 0 Å². The van der Waals surface area contributed by atoms with Gasteiger partial charge in [0.1, 0.15) is 0 Å². The van der Waals surface area contributed by atoms with Crippen molar-refractivity contribution in [2.24, 2.45) is 0 Å². The van der Waals surface area contributed by atoms with Crippen molar-refractivity contribution in [1.29, 1.82) is 31.6 Å². The molecular weight excluding hydrogens is 310 g/mol.